The van der Waals surface area contributed by atoms with E-state index < -0.39 is 11.9 Å². The topological polar surface area (TPSA) is 43.4 Å². The Labute approximate surface area is 54.0 Å². The first-order chi connectivity index (χ1) is 4.26. The highest BCUT2D eigenvalue weighted by Crippen LogP contribution is 1.94. The van der Waals surface area contributed by atoms with Crippen LogP contribution in [0.3, 0.4) is 0 Å². The maximum absolute atomic E-state index is 10.5. The number of ether oxygens (including phenoxy) is 1. The molecule has 0 radical (unpaired) electrons. The molecule has 0 aromatic heterocycles. The van der Waals surface area contributed by atoms with Gasteiger partial charge in [0, 0.05) is 7.11 Å². The zero-order chi connectivity index (χ0) is 7.28. The molecule has 0 amide bonds. The maximum atomic E-state index is 10.5. The zero-order valence-electron chi connectivity index (χ0n) is 5.59. The van der Waals surface area contributed by atoms with E-state index in [0.717, 1.165) is 0 Å². The van der Waals surface area contributed by atoms with Gasteiger partial charge in [0.15, 0.2) is 6.29 Å². The summed E-state index contributed by atoms with van der Waals surface area (Å²) in [4.78, 5) is 20.3. The van der Waals surface area contributed by atoms with Crippen LogP contribution in [-0.4, -0.2) is 25.3 Å². The van der Waals surface area contributed by atoms with Crippen LogP contribution in [0.25, 0.3) is 0 Å². The largest absolute Gasteiger partial charge is 0.373 e. The number of hydrogen-bond donors (Lipinski definition) is 0. The van der Waals surface area contributed by atoms with Gasteiger partial charge >= 0.3 is 0 Å². The van der Waals surface area contributed by atoms with Crippen molar-refractivity contribution >= 4 is 12.1 Å². The predicted octanol–water partition coefficient (Wildman–Crippen LogP) is 0.179. The van der Waals surface area contributed by atoms with Crippen LogP contribution in [0.1, 0.15) is 13.3 Å². The van der Waals surface area contributed by atoms with E-state index in [-0.39, 0.29) is 6.29 Å². The quantitative estimate of drug-likeness (QED) is 0.402. The fourth-order valence-electron chi connectivity index (χ4n) is 0.560. The van der Waals surface area contributed by atoms with E-state index in [4.69, 9.17) is 0 Å². The third-order valence-electron chi connectivity index (χ3n) is 1.09. The molecule has 0 bridgehead atoms. The highest BCUT2D eigenvalue weighted by atomic mass is 16.5. The molecule has 3 heteroatoms. The Morgan fingerprint density at radius 1 is 1.78 bits per heavy atom. The molecule has 0 N–H and O–H groups in total. The number of rotatable bonds is 4. The van der Waals surface area contributed by atoms with Crippen molar-refractivity contribution in [3.63, 3.8) is 0 Å². The molecule has 0 spiro atoms. The summed E-state index contributed by atoms with van der Waals surface area (Å²) in [6, 6.07) is 0. The average molecular weight is 130 g/mol. The van der Waals surface area contributed by atoms with Crippen LogP contribution in [0.4, 0.5) is 0 Å². The Morgan fingerprint density at radius 3 is 2.44 bits per heavy atom. The Bertz CT molecular complexity index is 105. The second kappa shape index (κ2) is 4.21. The summed E-state index contributed by atoms with van der Waals surface area (Å²) in [5, 5.41) is 0. The molecule has 0 aromatic rings. The van der Waals surface area contributed by atoms with Gasteiger partial charge in [0.1, 0.15) is 6.10 Å². The van der Waals surface area contributed by atoms with Gasteiger partial charge in [-0.05, 0) is 6.42 Å². The summed E-state index contributed by atoms with van der Waals surface area (Å²) >= 11 is 0. The van der Waals surface area contributed by atoms with Crippen LogP contribution < -0.4 is 0 Å². The predicted molar refractivity (Wildman–Crippen MR) is 32.2 cm³/mol. The normalized spacial score (nSPS) is 12.7. The first-order valence-electron chi connectivity index (χ1n) is 2.78. The molecule has 0 unspecified atom stereocenters. The van der Waals surface area contributed by atoms with Crippen LogP contribution in [0, 0.1) is 0 Å². The highest BCUT2D eigenvalue weighted by Gasteiger charge is 2.12. The van der Waals surface area contributed by atoms with Gasteiger partial charge < -0.3 is 4.74 Å². The van der Waals surface area contributed by atoms with Crippen LogP contribution in [0.5, 0.6) is 0 Å². The Kier molecular flexibility index (Phi) is 3.88. The molecule has 0 rings (SSSR count). The number of carbonyl (C=O) groups is 2. The molecule has 0 aliphatic heterocycles. The minimum atomic E-state index is -0.539. The number of hydrogen-bond acceptors (Lipinski definition) is 3. The van der Waals surface area contributed by atoms with Crippen molar-refractivity contribution in [3.05, 3.63) is 0 Å². The van der Waals surface area contributed by atoms with Crippen molar-refractivity contribution < 1.29 is 14.3 Å². The zero-order valence-corrected chi connectivity index (χ0v) is 5.59. The van der Waals surface area contributed by atoms with Gasteiger partial charge in [0.25, 0.3) is 0 Å². The van der Waals surface area contributed by atoms with Crippen molar-refractivity contribution in [1.29, 1.82) is 0 Å². The van der Waals surface area contributed by atoms with E-state index in [2.05, 4.69) is 4.74 Å². The third kappa shape index (κ3) is 2.37. The van der Waals surface area contributed by atoms with E-state index in [0.29, 0.717) is 6.42 Å². The van der Waals surface area contributed by atoms with Crippen LogP contribution >= 0.6 is 0 Å². The van der Waals surface area contributed by atoms with E-state index in [1.165, 1.54) is 7.11 Å². The monoisotopic (exact) mass is 130 g/mol. The third-order valence-corrected chi connectivity index (χ3v) is 1.09. The first-order valence-corrected chi connectivity index (χ1v) is 2.78. The smallest absolute Gasteiger partial charge is 0.223 e. The summed E-state index contributed by atoms with van der Waals surface area (Å²) in [5.74, 6) is -0.486. The van der Waals surface area contributed by atoms with E-state index in [9.17, 15) is 9.59 Å². The first kappa shape index (κ1) is 8.30. The maximum Gasteiger partial charge on any atom is 0.223 e. The summed E-state index contributed by atoms with van der Waals surface area (Å²) in [6.45, 7) is 1.79. The lowest BCUT2D eigenvalue weighted by Crippen LogP contribution is -2.22. The van der Waals surface area contributed by atoms with Crippen molar-refractivity contribution in [3.8, 4) is 0 Å². The van der Waals surface area contributed by atoms with Crippen molar-refractivity contribution in [2.75, 3.05) is 7.11 Å². The lowest BCUT2D eigenvalue weighted by Gasteiger charge is -2.05. The summed E-state index contributed by atoms with van der Waals surface area (Å²) in [5.41, 5.74) is 0. The SMILES string of the molecule is CC[C@H](OC)C(=O)C=O. The van der Waals surface area contributed by atoms with Gasteiger partial charge in [-0.2, -0.15) is 0 Å². The van der Waals surface area contributed by atoms with Gasteiger partial charge in [-0.25, -0.2) is 0 Å². The van der Waals surface area contributed by atoms with Crippen LogP contribution in [0.15, 0.2) is 0 Å². The molecule has 3 nitrogen and oxygen atoms in total. The average Bonchev–Trinajstić information content (AvgIpc) is 1.90. The summed E-state index contributed by atoms with van der Waals surface area (Å²) in [7, 11) is 1.41. The molecule has 0 heterocycles. The molecular weight excluding hydrogens is 120 g/mol. The molecule has 0 fully saturated rings. The van der Waals surface area contributed by atoms with Crippen molar-refractivity contribution in [2.24, 2.45) is 0 Å². The summed E-state index contributed by atoms with van der Waals surface area (Å²) < 4.78 is 4.67. The molecule has 0 aromatic carbocycles. The molecule has 52 valence electrons. The lowest BCUT2D eigenvalue weighted by molar-refractivity contribution is -0.136. The Morgan fingerprint density at radius 2 is 2.33 bits per heavy atom. The number of aldehydes is 1. The molecule has 0 saturated carbocycles. The number of carbonyl (C=O) groups excluding carboxylic acids is 2. The van der Waals surface area contributed by atoms with Gasteiger partial charge in [-0.3, -0.25) is 9.59 Å². The lowest BCUT2D eigenvalue weighted by atomic mass is 10.2. The molecule has 9 heavy (non-hydrogen) atoms. The molecule has 0 aliphatic rings. The van der Waals surface area contributed by atoms with Gasteiger partial charge in [-0.1, -0.05) is 6.92 Å². The molecule has 1 atom stereocenters. The van der Waals surface area contributed by atoms with Gasteiger partial charge in [0.05, 0.1) is 0 Å². The fourth-order valence-corrected chi connectivity index (χ4v) is 0.560. The van der Waals surface area contributed by atoms with Crippen LogP contribution in [-0.2, 0) is 14.3 Å². The Balaban J connectivity index is 3.78. The van der Waals surface area contributed by atoms with Crippen molar-refractivity contribution in [1.82, 2.24) is 0 Å². The molecule has 0 saturated heterocycles. The minimum absolute atomic E-state index is 0.289. The van der Waals surface area contributed by atoms with Crippen molar-refractivity contribution in [2.45, 2.75) is 19.4 Å². The number of Topliss-reactive ketones (excluding diaryl/α,β-unsaturated/α-hetero) is 1. The number of methoxy groups -OCH3 is 1. The van der Waals surface area contributed by atoms with Gasteiger partial charge in [0.2, 0.25) is 5.78 Å². The van der Waals surface area contributed by atoms with E-state index in [1.54, 1.807) is 6.92 Å². The number of ketones is 1. The highest BCUT2D eigenvalue weighted by molar-refractivity contribution is 6.27. The van der Waals surface area contributed by atoms with Gasteiger partial charge in [-0.15, -0.1) is 0 Å². The summed E-state index contributed by atoms with van der Waals surface area (Å²) in [6.07, 6.45) is 0.300. The standard InChI is InChI=1S/C6H10O3/c1-3-6(9-2)5(8)4-7/h4,6H,3H2,1-2H3/t6-/m0/s1. The fraction of sp³-hybridized carbons (Fsp3) is 0.667. The molecule has 0 aliphatic carbocycles. The van der Waals surface area contributed by atoms with E-state index in [1.807, 2.05) is 0 Å². The second-order valence-corrected chi connectivity index (χ2v) is 1.65. The van der Waals surface area contributed by atoms with E-state index >= 15 is 0 Å². The Hall–Kier alpha value is -0.700. The second-order valence-electron chi connectivity index (χ2n) is 1.65. The minimum Gasteiger partial charge on any atom is -0.373 e. The molecular formula is C6H10O3. The van der Waals surface area contributed by atoms with Crippen LogP contribution in [0.2, 0.25) is 0 Å².